The van der Waals surface area contributed by atoms with Crippen LogP contribution in [0.5, 0.6) is 0 Å². The lowest BCUT2D eigenvalue weighted by molar-refractivity contribution is 0.455. The van der Waals surface area contributed by atoms with E-state index in [1.54, 1.807) is 10.7 Å². The smallest absolute Gasteiger partial charge is 0.266 e. The van der Waals surface area contributed by atoms with E-state index in [0.29, 0.717) is 6.54 Å². The van der Waals surface area contributed by atoms with Crippen molar-refractivity contribution >= 4 is 5.95 Å². The second kappa shape index (κ2) is 6.34. The van der Waals surface area contributed by atoms with Crippen molar-refractivity contribution in [3.63, 3.8) is 0 Å². The average Bonchev–Trinajstić information content (AvgIpc) is 2.97. The molecule has 24 heavy (non-hydrogen) atoms. The van der Waals surface area contributed by atoms with Crippen LogP contribution in [-0.2, 0) is 12.0 Å². The van der Waals surface area contributed by atoms with Crippen LogP contribution in [0.3, 0.4) is 0 Å². The maximum atomic E-state index is 12.2. The summed E-state index contributed by atoms with van der Waals surface area (Å²) >= 11 is 0. The highest BCUT2D eigenvalue weighted by atomic mass is 16.1. The summed E-state index contributed by atoms with van der Waals surface area (Å²) in [6, 6.07) is 3.65. The highest BCUT2D eigenvalue weighted by molar-refractivity contribution is 5.33. The van der Waals surface area contributed by atoms with Crippen LogP contribution in [0.15, 0.2) is 29.3 Å². The normalized spacial score (nSPS) is 18.2. The van der Waals surface area contributed by atoms with Crippen LogP contribution in [-0.4, -0.2) is 32.3 Å². The first-order chi connectivity index (χ1) is 11.3. The molecule has 0 N–H and O–H groups in total. The van der Waals surface area contributed by atoms with Gasteiger partial charge in [-0.15, -0.1) is 0 Å². The van der Waals surface area contributed by atoms with Gasteiger partial charge >= 0.3 is 0 Å². The van der Waals surface area contributed by atoms with E-state index in [2.05, 4.69) is 40.7 Å². The summed E-state index contributed by atoms with van der Waals surface area (Å²) in [5, 5.41) is 4.59. The Morgan fingerprint density at radius 3 is 2.58 bits per heavy atom. The third kappa shape index (κ3) is 3.47. The number of hydrogen-bond acceptors (Lipinski definition) is 5. The second-order valence-electron chi connectivity index (χ2n) is 7.54. The molecule has 1 fully saturated rings. The van der Waals surface area contributed by atoms with E-state index >= 15 is 0 Å². The highest BCUT2D eigenvalue weighted by Crippen LogP contribution is 2.23. The molecule has 2 aromatic heterocycles. The predicted molar refractivity (Wildman–Crippen MR) is 94.3 cm³/mol. The Balaban J connectivity index is 1.85. The molecule has 0 amide bonds. The fourth-order valence-corrected chi connectivity index (χ4v) is 3.00. The fourth-order valence-electron chi connectivity index (χ4n) is 3.00. The van der Waals surface area contributed by atoms with Gasteiger partial charge in [-0.3, -0.25) is 4.79 Å². The van der Waals surface area contributed by atoms with E-state index in [4.69, 9.17) is 0 Å². The average molecular weight is 327 g/mol. The Labute approximate surface area is 142 Å². The summed E-state index contributed by atoms with van der Waals surface area (Å²) in [5.74, 6) is 0.739. The van der Waals surface area contributed by atoms with Crippen molar-refractivity contribution < 1.29 is 0 Å². The van der Waals surface area contributed by atoms with E-state index < -0.39 is 0 Å². The summed E-state index contributed by atoms with van der Waals surface area (Å²) in [6.07, 6.45) is 5.77. The van der Waals surface area contributed by atoms with E-state index in [1.807, 2.05) is 25.4 Å². The van der Waals surface area contributed by atoms with Gasteiger partial charge in [0.15, 0.2) is 0 Å². The molecule has 3 heterocycles. The van der Waals surface area contributed by atoms with Crippen molar-refractivity contribution in [2.45, 2.75) is 58.5 Å². The quantitative estimate of drug-likeness (QED) is 0.865. The standard InChI is InChI=1S/C18H25N5O/c1-13-10-19-17(20-11-13)22-9-5-6-14(22)12-23-16(24)8-7-15(21-23)18(2,3)4/h7-8,10-11,14H,5-6,9,12H2,1-4H3. The van der Waals surface area contributed by atoms with Crippen LogP contribution in [0.25, 0.3) is 0 Å². The first-order valence-electron chi connectivity index (χ1n) is 8.48. The minimum Gasteiger partial charge on any atom is -0.336 e. The molecular formula is C18H25N5O. The van der Waals surface area contributed by atoms with Gasteiger partial charge in [0.05, 0.1) is 18.3 Å². The molecule has 2 aromatic rings. The number of aryl methyl sites for hydroxylation is 1. The molecule has 0 aromatic carbocycles. The molecule has 6 nitrogen and oxygen atoms in total. The topological polar surface area (TPSA) is 63.9 Å². The van der Waals surface area contributed by atoms with Gasteiger partial charge in [-0.25, -0.2) is 14.6 Å². The van der Waals surface area contributed by atoms with Crippen molar-refractivity contribution in [2.75, 3.05) is 11.4 Å². The molecule has 1 aliphatic rings. The van der Waals surface area contributed by atoms with Crippen LogP contribution >= 0.6 is 0 Å². The maximum Gasteiger partial charge on any atom is 0.266 e. The largest absolute Gasteiger partial charge is 0.336 e. The Bertz CT molecular complexity index is 760. The molecule has 1 atom stereocenters. The van der Waals surface area contributed by atoms with Gasteiger partial charge in [0, 0.05) is 30.4 Å². The third-order valence-corrected chi connectivity index (χ3v) is 4.42. The fraction of sp³-hybridized carbons (Fsp3) is 0.556. The third-order valence-electron chi connectivity index (χ3n) is 4.42. The molecule has 0 radical (unpaired) electrons. The van der Waals surface area contributed by atoms with Gasteiger partial charge in [-0.1, -0.05) is 20.8 Å². The van der Waals surface area contributed by atoms with Crippen molar-refractivity contribution in [1.82, 2.24) is 19.7 Å². The molecule has 0 saturated carbocycles. The summed E-state index contributed by atoms with van der Waals surface area (Å²) in [7, 11) is 0. The predicted octanol–water partition coefficient (Wildman–Crippen LogP) is 2.31. The zero-order valence-corrected chi connectivity index (χ0v) is 14.9. The first kappa shape index (κ1) is 16.6. The Morgan fingerprint density at radius 1 is 1.21 bits per heavy atom. The summed E-state index contributed by atoms with van der Waals surface area (Å²) in [4.78, 5) is 23.3. The summed E-state index contributed by atoms with van der Waals surface area (Å²) < 4.78 is 1.60. The maximum absolute atomic E-state index is 12.2. The highest BCUT2D eigenvalue weighted by Gasteiger charge is 2.28. The molecule has 1 aliphatic heterocycles. The van der Waals surface area contributed by atoms with E-state index in [0.717, 1.165) is 36.6 Å². The van der Waals surface area contributed by atoms with Crippen molar-refractivity contribution in [1.29, 1.82) is 0 Å². The molecule has 0 bridgehead atoms. The van der Waals surface area contributed by atoms with Crippen LogP contribution in [0.2, 0.25) is 0 Å². The van der Waals surface area contributed by atoms with Crippen LogP contribution < -0.4 is 10.5 Å². The minimum atomic E-state index is -0.0785. The molecule has 0 spiro atoms. The molecular weight excluding hydrogens is 302 g/mol. The van der Waals surface area contributed by atoms with Crippen LogP contribution in [0.4, 0.5) is 5.95 Å². The zero-order chi connectivity index (χ0) is 17.3. The number of hydrogen-bond donors (Lipinski definition) is 0. The zero-order valence-electron chi connectivity index (χ0n) is 14.9. The van der Waals surface area contributed by atoms with E-state index in [1.165, 1.54) is 0 Å². The number of rotatable bonds is 3. The summed E-state index contributed by atoms with van der Waals surface area (Å²) in [6.45, 7) is 9.78. The van der Waals surface area contributed by atoms with Gasteiger partial charge in [0.2, 0.25) is 5.95 Å². The van der Waals surface area contributed by atoms with Crippen molar-refractivity contribution in [3.8, 4) is 0 Å². The molecule has 3 rings (SSSR count). The van der Waals surface area contributed by atoms with Crippen molar-refractivity contribution in [3.05, 3.63) is 46.1 Å². The van der Waals surface area contributed by atoms with Gasteiger partial charge in [-0.05, 0) is 31.4 Å². The lowest BCUT2D eigenvalue weighted by Crippen LogP contribution is -2.38. The van der Waals surface area contributed by atoms with Crippen molar-refractivity contribution in [2.24, 2.45) is 0 Å². The molecule has 6 heteroatoms. The lowest BCUT2D eigenvalue weighted by atomic mass is 9.92. The lowest BCUT2D eigenvalue weighted by Gasteiger charge is -2.25. The molecule has 0 aliphatic carbocycles. The van der Waals surface area contributed by atoms with Crippen LogP contribution in [0.1, 0.15) is 44.9 Å². The summed E-state index contributed by atoms with van der Waals surface area (Å²) in [5.41, 5.74) is 1.84. The Hall–Kier alpha value is -2.24. The SMILES string of the molecule is Cc1cnc(N2CCCC2Cn2nc(C(C)(C)C)ccc2=O)nc1. The second-order valence-corrected chi connectivity index (χ2v) is 7.54. The molecule has 128 valence electrons. The van der Waals surface area contributed by atoms with Gasteiger partial charge in [-0.2, -0.15) is 5.10 Å². The monoisotopic (exact) mass is 327 g/mol. The minimum absolute atomic E-state index is 0.0559. The van der Waals surface area contributed by atoms with Gasteiger partial charge < -0.3 is 4.90 Å². The Morgan fingerprint density at radius 2 is 1.92 bits per heavy atom. The van der Waals surface area contributed by atoms with E-state index in [9.17, 15) is 4.79 Å². The number of aromatic nitrogens is 4. The number of anilines is 1. The first-order valence-corrected chi connectivity index (χ1v) is 8.48. The molecule has 1 saturated heterocycles. The van der Waals surface area contributed by atoms with E-state index in [-0.39, 0.29) is 17.0 Å². The van der Waals surface area contributed by atoms with Gasteiger partial charge in [0.1, 0.15) is 0 Å². The van der Waals surface area contributed by atoms with Gasteiger partial charge in [0.25, 0.3) is 5.56 Å². The number of nitrogens with zero attached hydrogens (tertiary/aromatic N) is 5. The molecule has 1 unspecified atom stereocenters. The van der Waals surface area contributed by atoms with Crippen LogP contribution in [0, 0.1) is 6.92 Å². The Kier molecular flexibility index (Phi) is 4.39.